The molecule has 1 unspecified atom stereocenters. The molecule has 1 aliphatic rings. The highest BCUT2D eigenvalue weighted by atomic mass is 32.2. The molecule has 25 heavy (non-hydrogen) atoms. The number of aryl methyl sites for hydroxylation is 1. The van der Waals surface area contributed by atoms with Gasteiger partial charge in [0.05, 0.1) is 5.88 Å². The Bertz CT molecular complexity index is 771. The molecule has 2 heterocycles. The highest BCUT2D eigenvalue weighted by Crippen LogP contribution is 2.22. The minimum absolute atomic E-state index is 0.0948. The molecule has 1 fully saturated rings. The SMILES string of the molecule is Cc1ccc(/C=C/C(=O)N2CSCC2C(=O)NCc2ccccc2)s1. The lowest BCUT2D eigenvalue weighted by Gasteiger charge is -2.21. The van der Waals surface area contributed by atoms with Gasteiger partial charge in [0.25, 0.3) is 0 Å². The zero-order valence-electron chi connectivity index (χ0n) is 14.0. The Morgan fingerprint density at radius 2 is 2.04 bits per heavy atom. The molecule has 2 amide bonds. The number of carbonyl (C=O) groups excluding carboxylic acids is 2. The lowest BCUT2D eigenvalue weighted by atomic mass is 10.2. The van der Waals surface area contributed by atoms with Crippen LogP contribution < -0.4 is 5.32 Å². The van der Waals surface area contributed by atoms with Gasteiger partial charge in [-0.05, 0) is 30.7 Å². The van der Waals surface area contributed by atoms with Gasteiger partial charge in [0.1, 0.15) is 6.04 Å². The van der Waals surface area contributed by atoms with E-state index in [1.54, 1.807) is 34.1 Å². The van der Waals surface area contributed by atoms with Crippen LogP contribution in [0.3, 0.4) is 0 Å². The Balaban J connectivity index is 1.58. The van der Waals surface area contributed by atoms with Crippen molar-refractivity contribution in [2.75, 3.05) is 11.6 Å². The van der Waals surface area contributed by atoms with Gasteiger partial charge in [0, 0.05) is 28.1 Å². The molecule has 1 saturated heterocycles. The van der Waals surface area contributed by atoms with Crippen LogP contribution in [0.2, 0.25) is 0 Å². The molecule has 3 rings (SSSR count). The zero-order valence-corrected chi connectivity index (χ0v) is 15.6. The Kier molecular flexibility index (Phi) is 5.94. The van der Waals surface area contributed by atoms with Crippen LogP contribution in [0.1, 0.15) is 15.3 Å². The van der Waals surface area contributed by atoms with Gasteiger partial charge in [-0.15, -0.1) is 23.1 Å². The van der Waals surface area contributed by atoms with Crippen molar-refractivity contribution in [2.45, 2.75) is 19.5 Å². The molecule has 4 nitrogen and oxygen atoms in total. The van der Waals surface area contributed by atoms with E-state index in [9.17, 15) is 9.59 Å². The number of hydrogen-bond acceptors (Lipinski definition) is 4. The van der Waals surface area contributed by atoms with E-state index in [-0.39, 0.29) is 11.8 Å². The van der Waals surface area contributed by atoms with Gasteiger partial charge < -0.3 is 10.2 Å². The van der Waals surface area contributed by atoms with Crippen molar-refractivity contribution in [3.63, 3.8) is 0 Å². The van der Waals surface area contributed by atoms with E-state index in [0.29, 0.717) is 18.2 Å². The van der Waals surface area contributed by atoms with Crippen LogP contribution in [0.4, 0.5) is 0 Å². The predicted octanol–water partition coefficient (Wildman–Crippen LogP) is 3.29. The first-order valence-corrected chi connectivity index (χ1v) is 10.0. The summed E-state index contributed by atoms with van der Waals surface area (Å²) in [6.45, 7) is 2.52. The molecule has 1 atom stereocenters. The Morgan fingerprint density at radius 1 is 1.24 bits per heavy atom. The highest BCUT2D eigenvalue weighted by molar-refractivity contribution is 7.99. The molecule has 1 aliphatic heterocycles. The normalized spacial score (nSPS) is 17.2. The van der Waals surface area contributed by atoms with Gasteiger partial charge in [0.2, 0.25) is 11.8 Å². The molecular weight excluding hydrogens is 352 g/mol. The van der Waals surface area contributed by atoms with Crippen LogP contribution in [-0.4, -0.2) is 34.4 Å². The second-order valence-corrected chi connectivity index (χ2v) is 8.13. The number of thioether (sulfide) groups is 1. The molecule has 0 saturated carbocycles. The molecule has 0 spiro atoms. The van der Waals surface area contributed by atoms with Crippen LogP contribution in [-0.2, 0) is 16.1 Å². The summed E-state index contributed by atoms with van der Waals surface area (Å²) in [4.78, 5) is 28.8. The monoisotopic (exact) mass is 372 g/mol. The summed E-state index contributed by atoms with van der Waals surface area (Å²) in [5, 5.41) is 2.93. The summed E-state index contributed by atoms with van der Waals surface area (Å²) in [5.74, 6) is 0.979. The first-order valence-electron chi connectivity index (χ1n) is 8.08. The lowest BCUT2D eigenvalue weighted by Crippen LogP contribution is -2.46. The fraction of sp³-hybridized carbons (Fsp3) is 0.263. The van der Waals surface area contributed by atoms with Gasteiger partial charge in [-0.3, -0.25) is 9.59 Å². The number of thiophene rings is 1. The van der Waals surface area contributed by atoms with E-state index in [1.165, 1.54) is 4.88 Å². The fourth-order valence-electron chi connectivity index (χ4n) is 2.57. The average molecular weight is 373 g/mol. The summed E-state index contributed by atoms with van der Waals surface area (Å²) in [7, 11) is 0. The number of hydrogen-bond donors (Lipinski definition) is 1. The Hall–Kier alpha value is -2.05. The van der Waals surface area contributed by atoms with E-state index >= 15 is 0 Å². The maximum Gasteiger partial charge on any atom is 0.247 e. The molecule has 2 aromatic rings. The van der Waals surface area contributed by atoms with E-state index in [1.807, 2.05) is 55.5 Å². The van der Waals surface area contributed by atoms with Crippen molar-refractivity contribution in [1.29, 1.82) is 0 Å². The van der Waals surface area contributed by atoms with Crippen LogP contribution >= 0.6 is 23.1 Å². The summed E-state index contributed by atoms with van der Waals surface area (Å²) in [6, 6.07) is 13.4. The van der Waals surface area contributed by atoms with E-state index in [4.69, 9.17) is 0 Å². The Morgan fingerprint density at radius 3 is 2.76 bits per heavy atom. The van der Waals surface area contributed by atoms with E-state index in [2.05, 4.69) is 5.32 Å². The molecule has 6 heteroatoms. The van der Waals surface area contributed by atoms with Gasteiger partial charge in [-0.1, -0.05) is 30.3 Å². The smallest absolute Gasteiger partial charge is 0.247 e. The number of nitrogens with zero attached hydrogens (tertiary/aromatic N) is 1. The third-order valence-electron chi connectivity index (χ3n) is 3.93. The summed E-state index contributed by atoms with van der Waals surface area (Å²) in [6.07, 6.45) is 3.39. The van der Waals surface area contributed by atoms with Crippen molar-refractivity contribution in [3.05, 3.63) is 63.9 Å². The van der Waals surface area contributed by atoms with E-state index in [0.717, 1.165) is 10.4 Å². The molecule has 1 aromatic carbocycles. The molecule has 0 bridgehead atoms. The minimum atomic E-state index is -0.407. The van der Waals surface area contributed by atoms with Gasteiger partial charge in [-0.2, -0.15) is 0 Å². The summed E-state index contributed by atoms with van der Waals surface area (Å²) in [5.41, 5.74) is 1.05. The van der Waals surface area contributed by atoms with Crippen LogP contribution in [0.15, 0.2) is 48.5 Å². The van der Waals surface area contributed by atoms with Crippen LogP contribution in [0, 0.1) is 6.92 Å². The largest absolute Gasteiger partial charge is 0.350 e. The minimum Gasteiger partial charge on any atom is -0.350 e. The highest BCUT2D eigenvalue weighted by Gasteiger charge is 2.33. The zero-order chi connectivity index (χ0) is 17.6. The first-order chi connectivity index (χ1) is 12.1. The standard InChI is InChI=1S/C19H20N2O2S2/c1-14-7-8-16(25-14)9-10-18(22)21-13-24-12-17(21)19(23)20-11-15-5-3-2-4-6-15/h2-10,17H,11-13H2,1H3,(H,20,23)/b10-9+. The molecular formula is C19H20N2O2S2. The van der Waals surface area contributed by atoms with Gasteiger partial charge in [-0.25, -0.2) is 0 Å². The number of nitrogens with one attached hydrogen (secondary N) is 1. The maximum atomic E-state index is 12.5. The quantitative estimate of drug-likeness (QED) is 0.820. The second kappa shape index (κ2) is 8.36. The van der Waals surface area contributed by atoms with Crippen LogP contribution in [0.25, 0.3) is 6.08 Å². The molecule has 1 aromatic heterocycles. The van der Waals surface area contributed by atoms with Gasteiger partial charge in [0.15, 0.2) is 0 Å². The second-order valence-electron chi connectivity index (χ2n) is 5.81. The van der Waals surface area contributed by atoms with E-state index < -0.39 is 6.04 Å². The average Bonchev–Trinajstić information content (AvgIpc) is 3.27. The van der Waals surface area contributed by atoms with Crippen molar-refractivity contribution < 1.29 is 9.59 Å². The summed E-state index contributed by atoms with van der Waals surface area (Å²) < 4.78 is 0. The third kappa shape index (κ3) is 4.74. The molecule has 0 aliphatic carbocycles. The maximum absolute atomic E-state index is 12.5. The first kappa shape index (κ1) is 17.8. The number of benzene rings is 1. The van der Waals surface area contributed by atoms with Gasteiger partial charge >= 0.3 is 0 Å². The Labute approximate surface area is 155 Å². The topological polar surface area (TPSA) is 49.4 Å². The predicted molar refractivity (Wildman–Crippen MR) is 104 cm³/mol. The third-order valence-corrected chi connectivity index (χ3v) is 5.91. The number of carbonyl (C=O) groups is 2. The van der Waals surface area contributed by atoms with Crippen molar-refractivity contribution in [1.82, 2.24) is 10.2 Å². The van der Waals surface area contributed by atoms with Crippen molar-refractivity contribution >= 4 is 41.0 Å². The number of rotatable bonds is 5. The lowest BCUT2D eigenvalue weighted by molar-refractivity contribution is -0.134. The number of amides is 2. The van der Waals surface area contributed by atoms with Crippen molar-refractivity contribution in [2.24, 2.45) is 0 Å². The fourth-order valence-corrected chi connectivity index (χ4v) is 4.52. The van der Waals surface area contributed by atoms with Crippen LogP contribution in [0.5, 0.6) is 0 Å². The molecule has 0 radical (unpaired) electrons. The van der Waals surface area contributed by atoms with Crippen molar-refractivity contribution in [3.8, 4) is 0 Å². The molecule has 1 N–H and O–H groups in total. The summed E-state index contributed by atoms with van der Waals surface area (Å²) >= 11 is 3.25. The molecule has 130 valence electrons.